The third-order valence-corrected chi connectivity index (χ3v) is 7.54. The smallest absolute Gasteiger partial charge is 0.329 e. The number of para-hydroxylation sites is 1. The second-order valence-electron chi connectivity index (χ2n) is 9.20. The highest BCUT2D eigenvalue weighted by Crippen LogP contribution is 2.49. The lowest BCUT2D eigenvalue weighted by atomic mass is 9.60. The zero-order valence-electron chi connectivity index (χ0n) is 17.6. The average molecular weight is 412 g/mol. The molecule has 5 rings (SSSR count). The lowest BCUT2D eigenvalue weighted by Gasteiger charge is -2.52. The fourth-order valence-corrected chi connectivity index (χ4v) is 5.72. The molecule has 2 aliphatic heterocycles. The number of hydrogen-bond donors (Lipinski definition) is 2. The first-order chi connectivity index (χ1) is 14.4. The molecule has 1 aromatic heterocycles. The first-order valence-electron chi connectivity index (χ1n) is 10.9. The number of piperidine rings is 2. The molecular weight excluding hydrogens is 382 g/mol. The molecular formula is C22H29N5O3. The molecule has 2 aromatic rings. The van der Waals surface area contributed by atoms with Crippen molar-refractivity contribution in [1.82, 2.24) is 19.8 Å². The SMILES string of the molecule is CNC1CC2(CCN(c3cccc4c3n(C)c(=O)n4C3CCC(=O)NC3=O)CC2)C1. The summed E-state index contributed by atoms with van der Waals surface area (Å²) in [6, 6.07) is 5.95. The van der Waals surface area contributed by atoms with Crippen molar-refractivity contribution < 1.29 is 9.59 Å². The number of amides is 2. The van der Waals surface area contributed by atoms with Crippen molar-refractivity contribution in [3.63, 3.8) is 0 Å². The van der Waals surface area contributed by atoms with Crippen LogP contribution in [0.2, 0.25) is 0 Å². The number of fused-ring (bicyclic) bond motifs is 1. The van der Waals surface area contributed by atoms with E-state index in [0.717, 1.165) is 29.8 Å². The summed E-state index contributed by atoms with van der Waals surface area (Å²) in [7, 11) is 3.81. The van der Waals surface area contributed by atoms with E-state index < -0.39 is 11.9 Å². The van der Waals surface area contributed by atoms with Crippen LogP contribution in [0.25, 0.3) is 11.0 Å². The topological polar surface area (TPSA) is 88.4 Å². The molecule has 160 valence electrons. The van der Waals surface area contributed by atoms with Gasteiger partial charge >= 0.3 is 5.69 Å². The molecule has 8 nitrogen and oxygen atoms in total. The molecule has 1 unspecified atom stereocenters. The number of hydrogen-bond acceptors (Lipinski definition) is 5. The Bertz CT molecular complexity index is 1070. The molecule has 3 fully saturated rings. The van der Waals surface area contributed by atoms with Crippen molar-refractivity contribution in [2.24, 2.45) is 12.5 Å². The van der Waals surface area contributed by atoms with Crippen LogP contribution < -0.4 is 21.2 Å². The lowest BCUT2D eigenvalue weighted by Crippen LogP contribution is -2.53. The molecule has 2 N–H and O–H groups in total. The van der Waals surface area contributed by atoms with Crippen molar-refractivity contribution in [3.05, 3.63) is 28.7 Å². The molecule has 1 atom stereocenters. The van der Waals surface area contributed by atoms with Crippen molar-refractivity contribution in [1.29, 1.82) is 0 Å². The van der Waals surface area contributed by atoms with Crippen LogP contribution >= 0.6 is 0 Å². The maximum Gasteiger partial charge on any atom is 0.329 e. The zero-order chi connectivity index (χ0) is 21.0. The van der Waals surface area contributed by atoms with Crippen LogP contribution in [0.1, 0.15) is 44.6 Å². The van der Waals surface area contributed by atoms with Gasteiger partial charge in [-0.25, -0.2) is 4.79 Å². The molecule has 2 saturated heterocycles. The van der Waals surface area contributed by atoms with E-state index in [-0.39, 0.29) is 18.0 Å². The molecule has 1 spiro atoms. The number of carbonyl (C=O) groups excluding carboxylic acids is 2. The largest absolute Gasteiger partial charge is 0.370 e. The summed E-state index contributed by atoms with van der Waals surface area (Å²) in [5.41, 5.74) is 2.94. The molecule has 8 heteroatoms. The van der Waals surface area contributed by atoms with Gasteiger partial charge in [-0.15, -0.1) is 0 Å². The predicted octanol–water partition coefficient (Wildman–Crippen LogP) is 1.29. The van der Waals surface area contributed by atoms with Crippen LogP contribution in [0.5, 0.6) is 0 Å². The fraction of sp³-hybridized carbons (Fsp3) is 0.591. The number of imide groups is 1. The molecule has 3 aliphatic rings. The number of carbonyl (C=O) groups is 2. The molecule has 1 saturated carbocycles. The first-order valence-corrected chi connectivity index (χ1v) is 10.9. The van der Waals surface area contributed by atoms with Crippen molar-refractivity contribution >= 4 is 28.5 Å². The Balaban J connectivity index is 1.47. The van der Waals surface area contributed by atoms with Gasteiger partial charge in [0.2, 0.25) is 11.8 Å². The number of rotatable bonds is 3. The number of aryl methyl sites for hydroxylation is 1. The van der Waals surface area contributed by atoms with Gasteiger partial charge in [0.1, 0.15) is 6.04 Å². The summed E-state index contributed by atoms with van der Waals surface area (Å²) in [5.74, 6) is -0.667. The number of nitrogens with one attached hydrogen (secondary N) is 2. The maximum absolute atomic E-state index is 13.1. The Labute approximate surface area is 175 Å². The van der Waals surface area contributed by atoms with E-state index in [4.69, 9.17) is 0 Å². The van der Waals surface area contributed by atoms with Crippen molar-refractivity contribution in [3.8, 4) is 0 Å². The lowest BCUT2D eigenvalue weighted by molar-refractivity contribution is -0.135. The van der Waals surface area contributed by atoms with Gasteiger partial charge in [-0.1, -0.05) is 6.07 Å². The summed E-state index contributed by atoms with van der Waals surface area (Å²) in [5, 5.41) is 5.76. The van der Waals surface area contributed by atoms with Crippen LogP contribution in [0, 0.1) is 5.41 Å². The molecule has 30 heavy (non-hydrogen) atoms. The summed E-state index contributed by atoms with van der Waals surface area (Å²) >= 11 is 0. The Morgan fingerprint density at radius 2 is 1.87 bits per heavy atom. The average Bonchev–Trinajstić information content (AvgIpc) is 2.97. The fourth-order valence-electron chi connectivity index (χ4n) is 5.72. The molecule has 1 aromatic carbocycles. The Kier molecular flexibility index (Phi) is 4.50. The van der Waals surface area contributed by atoms with Crippen LogP contribution in [-0.4, -0.2) is 47.1 Å². The van der Waals surface area contributed by atoms with Crippen LogP contribution in [0.4, 0.5) is 5.69 Å². The van der Waals surface area contributed by atoms with E-state index in [0.29, 0.717) is 17.9 Å². The third kappa shape index (κ3) is 2.88. The van der Waals surface area contributed by atoms with E-state index in [1.54, 1.807) is 16.2 Å². The monoisotopic (exact) mass is 411 g/mol. The minimum Gasteiger partial charge on any atom is -0.370 e. The molecule has 0 bridgehead atoms. The van der Waals surface area contributed by atoms with Gasteiger partial charge in [-0.2, -0.15) is 0 Å². The van der Waals surface area contributed by atoms with Crippen LogP contribution in [0.3, 0.4) is 0 Å². The highest BCUT2D eigenvalue weighted by Gasteiger charge is 2.45. The molecule has 2 amide bonds. The third-order valence-electron chi connectivity index (χ3n) is 7.54. The van der Waals surface area contributed by atoms with Gasteiger partial charge in [0, 0.05) is 32.6 Å². The van der Waals surface area contributed by atoms with E-state index in [9.17, 15) is 14.4 Å². The van der Waals surface area contributed by atoms with E-state index in [1.807, 2.05) is 19.2 Å². The second kappa shape index (κ2) is 6.97. The van der Waals surface area contributed by atoms with Crippen LogP contribution in [-0.2, 0) is 16.6 Å². The van der Waals surface area contributed by atoms with Gasteiger partial charge in [-0.05, 0) is 56.7 Å². The van der Waals surface area contributed by atoms with Gasteiger partial charge < -0.3 is 10.2 Å². The van der Waals surface area contributed by atoms with Gasteiger partial charge in [0.05, 0.1) is 16.7 Å². The van der Waals surface area contributed by atoms with Gasteiger partial charge in [-0.3, -0.25) is 24.0 Å². The number of nitrogens with zero attached hydrogens (tertiary/aromatic N) is 3. The Morgan fingerprint density at radius 3 is 2.53 bits per heavy atom. The minimum atomic E-state index is -0.646. The Morgan fingerprint density at radius 1 is 1.13 bits per heavy atom. The Hall–Kier alpha value is -2.61. The highest BCUT2D eigenvalue weighted by atomic mass is 16.2. The van der Waals surface area contributed by atoms with Crippen LogP contribution in [0.15, 0.2) is 23.0 Å². The number of imidazole rings is 1. The zero-order valence-corrected chi connectivity index (χ0v) is 17.6. The summed E-state index contributed by atoms with van der Waals surface area (Å²) < 4.78 is 3.22. The minimum absolute atomic E-state index is 0.212. The van der Waals surface area contributed by atoms with E-state index in [2.05, 4.69) is 21.6 Å². The van der Waals surface area contributed by atoms with E-state index >= 15 is 0 Å². The summed E-state index contributed by atoms with van der Waals surface area (Å²) in [6.45, 7) is 1.96. The normalized spacial score (nSPS) is 24.3. The number of anilines is 1. The summed E-state index contributed by atoms with van der Waals surface area (Å²) in [4.78, 5) is 39.5. The predicted molar refractivity (Wildman–Crippen MR) is 115 cm³/mol. The van der Waals surface area contributed by atoms with Gasteiger partial charge in [0.15, 0.2) is 0 Å². The summed E-state index contributed by atoms with van der Waals surface area (Å²) in [6.07, 6.45) is 5.46. The second-order valence-corrected chi connectivity index (χ2v) is 9.20. The van der Waals surface area contributed by atoms with Crippen molar-refractivity contribution in [2.75, 3.05) is 25.0 Å². The quantitative estimate of drug-likeness (QED) is 0.743. The number of aromatic nitrogens is 2. The molecule has 1 aliphatic carbocycles. The van der Waals surface area contributed by atoms with E-state index in [1.165, 1.54) is 25.7 Å². The first kappa shape index (κ1) is 19.4. The highest BCUT2D eigenvalue weighted by molar-refractivity contribution is 6.00. The van der Waals surface area contributed by atoms with Crippen molar-refractivity contribution in [2.45, 2.75) is 50.6 Å². The van der Waals surface area contributed by atoms with Gasteiger partial charge in [0.25, 0.3) is 0 Å². The molecule has 0 radical (unpaired) electrons. The molecule has 3 heterocycles. The standard InChI is InChI=1S/C22H29N5O3/c1-23-14-12-22(13-14)8-10-26(11-9-22)15-4-3-5-16-19(15)25(2)21(30)27(16)17-6-7-18(28)24-20(17)29/h3-5,14,17,23H,6-13H2,1-2H3,(H,24,28,29). The number of benzene rings is 1. The maximum atomic E-state index is 13.1.